The predicted octanol–water partition coefficient (Wildman–Crippen LogP) is 3.30. The lowest BCUT2D eigenvalue weighted by Crippen LogP contribution is -2.24. The number of hydrogen-bond acceptors (Lipinski definition) is 4. The maximum Gasteiger partial charge on any atom is 0.251 e. The van der Waals surface area contributed by atoms with E-state index in [1.165, 1.54) is 41.7 Å². The summed E-state index contributed by atoms with van der Waals surface area (Å²) < 4.78 is 40.7. The van der Waals surface area contributed by atoms with Gasteiger partial charge < -0.3 is 5.32 Å². The number of benzene rings is 2. The number of carbonyl (C=O) groups excluding carboxylic acids is 1. The number of thiophene rings is 1. The molecule has 0 aliphatic rings. The third-order valence-corrected chi connectivity index (χ3v) is 6.13. The molecule has 1 heterocycles. The molecule has 27 heavy (non-hydrogen) atoms. The Morgan fingerprint density at radius 3 is 2.37 bits per heavy atom. The lowest BCUT2D eigenvalue weighted by molar-refractivity contribution is 0.0950. The highest BCUT2D eigenvalue weighted by Gasteiger charge is 2.15. The van der Waals surface area contributed by atoms with Crippen molar-refractivity contribution in [3.8, 4) is 0 Å². The summed E-state index contributed by atoms with van der Waals surface area (Å²) in [6.07, 6.45) is 0. The third-order valence-electron chi connectivity index (χ3n) is 3.84. The topological polar surface area (TPSA) is 75.3 Å². The molecule has 0 saturated carbocycles. The van der Waals surface area contributed by atoms with E-state index in [9.17, 15) is 17.6 Å². The molecule has 2 N–H and O–H groups in total. The van der Waals surface area contributed by atoms with E-state index in [-0.39, 0.29) is 18.0 Å². The molecular formula is C19H17FN2O3S2. The number of rotatable bonds is 7. The summed E-state index contributed by atoms with van der Waals surface area (Å²) in [5.74, 6) is -0.801. The number of amides is 1. The normalized spacial score (nSPS) is 11.3. The first-order valence-corrected chi connectivity index (χ1v) is 10.5. The molecule has 0 unspecified atom stereocenters. The van der Waals surface area contributed by atoms with E-state index in [2.05, 4.69) is 10.0 Å². The minimum absolute atomic E-state index is 0.0495. The van der Waals surface area contributed by atoms with E-state index >= 15 is 0 Å². The third kappa shape index (κ3) is 5.00. The fraction of sp³-hybridized carbons (Fsp3) is 0.105. The molecule has 3 aromatic rings. The highest BCUT2D eigenvalue weighted by Crippen LogP contribution is 2.14. The fourth-order valence-corrected chi connectivity index (χ4v) is 4.11. The first-order chi connectivity index (χ1) is 13.0. The van der Waals surface area contributed by atoms with Crippen molar-refractivity contribution < 1.29 is 17.6 Å². The highest BCUT2D eigenvalue weighted by atomic mass is 32.2. The number of carbonyl (C=O) groups is 1. The molecule has 140 valence electrons. The smallest absolute Gasteiger partial charge is 0.251 e. The van der Waals surface area contributed by atoms with Crippen molar-refractivity contribution in [3.05, 3.63) is 87.9 Å². The monoisotopic (exact) mass is 404 g/mol. The minimum atomic E-state index is -3.66. The molecule has 0 fully saturated rings. The Bertz CT molecular complexity index is 1020. The summed E-state index contributed by atoms with van der Waals surface area (Å²) in [5.41, 5.74) is 0.673. The minimum Gasteiger partial charge on any atom is -0.348 e. The highest BCUT2D eigenvalue weighted by molar-refractivity contribution is 7.89. The first-order valence-electron chi connectivity index (χ1n) is 8.09. The summed E-state index contributed by atoms with van der Waals surface area (Å²) >= 11 is 1.46. The van der Waals surface area contributed by atoms with Crippen LogP contribution in [0.2, 0.25) is 0 Å². The average molecular weight is 404 g/mol. The lowest BCUT2D eigenvalue weighted by atomic mass is 10.2. The lowest BCUT2D eigenvalue weighted by Gasteiger charge is -2.08. The van der Waals surface area contributed by atoms with Gasteiger partial charge in [0.1, 0.15) is 5.82 Å². The zero-order chi connectivity index (χ0) is 19.3. The molecule has 0 spiro atoms. The predicted molar refractivity (Wildman–Crippen MR) is 102 cm³/mol. The van der Waals surface area contributed by atoms with E-state index in [4.69, 9.17) is 0 Å². The summed E-state index contributed by atoms with van der Waals surface area (Å²) in [6.45, 7) is 0.263. The summed E-state index contributed by atoms with van der Waals surface area (Å²) in [4.78, 5) is 13.2. The van der Waals surface area contributed by atoms with Crippen LogP contribution in [-0.2, 0) is 23.1 Å². The second-order valence-corrected chi connectivity index (χ2v) is 8.50. The Balaban J connectivity index is 1.62. The van der Waals surface area contributed by atoms with Gasteiger partial charge in [0.05, 0.1) is 4.90 Å². The van der Waals surface area contributed by atoms with Crippen molar-refractivity contribution in [2.24, 2.45) is 0 Å². The van der Waals surface area contributed by atoms with Crippen LogP contribution in [0.3, 0.4) is 0 Å². The van der Waals surface area contributed by atoms with Crippen molar-refractivity contribution in [3.63, 3.8) is 0 Å². The van der Waals surface area contributed by atoms with Gasteiger partial charge in [0.25, 0.3) is 5.91 Å². The van der Waals surface area contributed by atoms with Crippen molar-refractivity contribution in [1.82, 2.24) is 10.0 Å². The Hall–Kier alpha value is -2.55. The standard InChI is InChI=1S/C19H17FN2O3S2/c20-18-6-2-1-4-15(18)12-21-19(23)14-7-9-17(10-8-14)27(24,25)22-13-16-5-3-11-26-16/h1-11,22H,12-13H2,(H,21,23). The Morgan fingerprint density at radius 2 is 1.70 bits per heavy atom. The maximum atomic E-state index is 13.6. The molecule has 0 bridgehead atoms. The van der Waals surface area contributed by atoms with Crippen molar-refractivity contribution >= 4 is 27.3 Å². The van der Waals surface area contributed by atoms with Gasteiger partial charge in [-0.05, 0) is 41.8 Å². The van der Waals surface area contributed by atoms with Gasteiger partial charge in [0, 0.05) is 29.1 Å². The molecule has 3 rings (SSSR count). The fourth-order valence-electron chi connectivity index (χ4n) is 2.37. The number of sulfonamides is 1. The van der Waals surface area contributed by atoms with Crippen LogP contribution in [0.15, 0.2) is 70.9 Å². The number of hydrogen-bond donors (Lipinski definition) is 2. The van der Waals surface area contributed by atoms with Gasteiger partial charge in [0.15, 0.2) is 0 Å². The van der Waals surface area contributed by atoms with Crippen LogP contribution < -0.4 is 10.0 Å². The van der Waals surface area contributed by atoms with Gasteiger partial charge >= 0.3 is 0 Å². The molecule has 0 radical (unpaired) electrons. The summed E-state index contributed by atoms with van der Waals surface area (Å²) in [6, 6.07) is 15.5. The van der Waals surface area contributed by atoms with Crippen molar-refractivity contribution in [1.29, 1.82) is 0 Å². The van der Waals surface area contributed by atoms with E-state index in [1.54, 1.807) is 18.2 Å². The van der Waals surface area contributed by atoms with Crippen LogP contribution >= 0.6 is 11.3 Å². The molecule has 5 nitrogen and oxygen atoms in total. The van der Waals surface area contributed by atoms with Crippen LogP contribution in [0.25, 0.3) is 0 Å². The average Bonchev–Trinajstić information content (AvgIpc) is 3.19. The van der Waals surface area contributed by atoms with Crippen LogP contribution in [-0.4, -0.2) is 14.3 Å². The van der Waals surface area contributed by atoms with Crippen LogP contribution in [0.5, 0.6) is 0 Å². The molecule has 2 aromatic carbocycles. The number of halogens is 1. The molecular weight excluding hydrogens is 387 g/mol. The van der Waals surface area contributed by atoms with Crippen LogP contribution in [0, 0.1) is 5.82 Å². The Kier molecular flexibility index (Phi) is 6.00. The van der Waals surface area contributed by atoms with Gasteiger partial charge in [-0.3, -0.25) is 4.79 Å². The van der Waals surface area contributed by atoms with Gasteiger partial charge in [-0.2, -0.15) is 0 Å². The zero-order valence-electron chi connectivity index (χ0n) is 14.2. The van der Waals surface area contributed by atoms with Crippen LogP contribution in [0.1, 0.15) is 20.8 Å². The Morgan fingerprint density at radius 1 is 0.963 bits per heavy atom. The second-order valence-electron chi connectivity index (χ2n) is 5.70. The first kappa shape index (κ1) is 19.2. The Labute approximate surface area is 160 Å². The van der Waals surface area contributed by atoms with Gasteiger partial charge in [-0.15, -0.1) is 11.3 Å². The molecule has 0 saturated heterocycles. The van der Waals surface area contributed by atoms with E-state index in [1.807, 2.05) is 17.5 Å². The molecule has 0 atom stereocenters. The largest absolute Gasteiger partial charge is 0.348 e. The number of nitrogens with one attached hydrogen (secondary N) is 2. The quantitative estimate of drug-likeness (QED) is 0.635. The second kappa shape index (κ2) is 8.43. The maximum absolute atomic E-state index is 13.6. The van der Waals surface area contributed by atoms with Gasteiger partial charge in [-0.1, -0.05) is 24.3 Å². The van der Waals surface area contributed by atoms with Gasteiger partial charge in [0.2, 0.25) is 10.0 Å². The van der Waals surface area contributed by atoms with E-state index in [0.29, 0.717) is 11.1 Å². The molecule has 8 heteroatoms. The summed E-state index contributed by atoms with van der Waals surface area (Å²) in [7, 11) is -3.66. The van der Waals surface area contributed by atoms with Crippen molar-refractivity contribution in [2.75, 3.05) is 0 Å². The summed E-state index contributed by atoms with van der Waals surface area (Å²) in [5, 5.41) is 4.49. The molecule has 0 aliphatic heterocycles. The van der Waals surface area contributed by atoms with E-state index in [0.717, 1.165) is 4.88 Å². The molecule has 0 aliphatic carbocycles. The zero-order valence-corrected chi connectivity index (χ0v) is 15.8. The van der Waals surface area contributed by atoms with E-state index < -0.39 is 21.7 Å². The van der Waals surface area contributed by atoms with Crippen LogP contribution in [0.4, 0.5) is 4.39 Å². The molecule has 1 aromatic heterocycles. The van der Waals surface area contributed by atoms with Gasteiger partial charge in [-0.25, -0.2) is 17.5 Å². The van der Waals surface area contributed by atoms with Crippen molar-refractivity contribution in [2.45, 2.75) is 18.0 Å². The molecule has 1 amide bonds. The SMILES string of the molecule is O=C(NCc1ccccc1F)c1ccc(S(=O)(=O)NCc2cccs2)cc1.